The summed E-state index contributed by atoms with van der Waals surface area (Å²) in [5, 5.41) is 2.58. The molecular weight excluding hydrogens is 191 g/mol. The first-order valence-electron chi connectivity index (χ1n) is 3.19. The number of hydrogen-bond donors (Lipinski definition) is 1. The summed E-state index contributed by atoms with van der Waals surface area (Å²) in [4.78, 5) is 10.3. The van der Waals surface area contributed by atoms with Gasteiger partial charge in [0.15, 0.2) is 0 Å². The number of Topliss-reactive ketones (excluding diaryl/α,β-unsaturated/α-hetero) is 1. The normalized spacial score (nSPS) is 18.1. The summed E-state index contributed by atoms with van der Waals surface area (Å²) in [7, 11) is 0. The lowest BCUT2D eigenvalue weighted by molar-refractivity contribution is -0.165. The summed E-state index contributed by atoms with van der Waals surface area (Å²) in [5.74, 6) is -1.27. The number of thioether (sulfide) groups is 1. The summed E-state index contributed by atoms with van der Waals surface area (Å²) in [5.41, 5.74) is 0. The highest BCUT2D eigenvalue weighted by molar-refractivity contribution is 8.04. The second-order valence-corrected chi connectivity index (χ2v) is 3.27. The molecule has 2 nitrogen and oxygen atoms in total. The number of hydrogen-bond acceptors (Lipinski definition) is 3. The Morgan fingerprint density at radius 1 is 1.58 bits per heavy atom. The minimum Gasteiger partial charge on any atom is -0.389 e. The third-order valence-corrected chi connectivity index (χ3v) is 2.24. The molecular formula is C6H6F3NOS. The monoisotopic (exact) mass is 197 g/mol. The predicted octanol–water partition coefficient (Wildman–Crippen LogP) is 1.30. The SMILES string of the molecule is O=C(C1=CNCCS1)C(F)(F)F. The first-order valence-corrected chi connectivity index (χ1v) is 4.18. The van der Waals surface area contributed by atoms with E-state index in [1.807, 2.05) is 0 Å². The van der Waals surface area contributed by atoms with Crippen molar-refractivity contribution in [2.75, 3.05) is 12.3 Å². The third-order valence-electron chi connectivity index (χ3n) is 1.22. The number of nitrogens with one attached hydrogen (secondary N) is 1. The van der Waals surface area contributed by atoms with Crippen molar-refractivity contribution >= 4 is 17.5 Å². The van der Waals surface area contributed by atoms with Crippen molar-refractivity contribution in [3.8, 4) is 0 Å². The van der Waals surface area contributed by atoms with Crippen LogP contribution in [-0.2, 0) is 4.79 Å². The van der Waals surface area contributed by atoms with Crippen LogP contribution in [0.2, 0.25) is 0 Å². The van der Waals surface area contributed by atoms with E-state index in [1.165, 1.54) is 0 Å². The second kappa shape index (κ2) is 3.38. The van der Waals surface area contributed by atoms with Gasteiger partial charge in [0.2, 0.25) is 0 Å². The molecule has 0 aromatic heterocycles. The van der Waals surface area contributed by atoms with Gasteiger partial charge < -0.3 is 5.32 Å². The van der Waals surface area contributed by atoms with Crippen LogP contribution in [0.5, 0.6) is 0 Å². The fraction of sp³-hybridized carbons (Fsp3) is 0.500. The Morgan fingerprint density at radius 3 is 2.67 bits per heavy atom. The fourth-order valence-corrected chi connectivity index (χ4v) is 1.55. The van der Waals surface area contributed by atoms with Crippen LogP contribution in [0.4, 0.5) is 13.2 Å². The molecule has 0 spiro atoms. The molecule has 0 saturated heterocycles. The topological polar surface area (TPSA) is 29.1 Å². The molecule has 0 aromatic carbocycles. The molecule has 1 heterocycles. The maximum Gasteiger partial charge on any atom is 0.455 e. The van der Waals surface area contributed by atoms with Gasteiger partial charge in [-0.2, -0.15) is 13.2 Å². The highest BCUT2D eigenvalue weighted by Crippen LogP contribution is 2.27. The molecule has 0 bridgehead atoms. The van der Waals surface area contributed by atoms with Crippen LogP contribution in [0.1, 0.15) is 0 Å². The van der Waals surface area contributed by atoms with E-state index in [0.717, 1.165) is 18.0 Å². The number of carbonyl (C=O) groups is 1. The molecule has 0 unspecified atom stereocenters. The van der Waals surface area contributed by atoms with E-state index in [2.05, 4.69) is 5.32 Å². The second-order valence-electron chi connectivity index (χ2n) is 2.14. The predicted molar refractivity (Wildman–Crippen MR) is 39.6 cm³/mol. The Balaban J connectivity index is 2.70. The summed E-state index contributed by atoms with van der Waals surface area (Å²) in [6, 6.07) is 0. The maximum atomic E-state index is 11.8. The van der Waals surface area contributed by atoms with Crippen molar-refractivity contribution < 1.29 is 18.0 Å². The van der Waals surface area contributed by atoms with Crippen molar-refractivity contribution in [3.05, 3.63) is 11.1 Å². The van der Waals surface area contributed by atoms with Crippen LogP contribution in [0, 0.1) is 0 Å². The van der Waals surface area contributed by atoms with Crippen LogP contribution in [0.15, 0.2) is 11.1 Å². The molecule has 0 aliphatic carbocycles. The summed E-state index contributed by atoms with van der Waals surface area (Å²) >= 11 is 0.927. The lowest BCUT2D eigenvalue weighted by atomic mass is 10.3. The van der Waals surface area contributed by atoms with Crippen molar-refractivity contribution in [2.45, 2.75) is 6.18 Å². The Bertz CT molecular complexity index is 223. The molecule has 0 fully saturated rings. The Morgan fingerprint density at radius 2 is 2.25 bits per heavy atom. The quantitative estimate of drug-likeness (QED) is 0.686. The van der Waals surface area contributed by atoms with Crippen LogP contribution < -0.4 is 5.32 Å². The molecule has 0 radical (unpaired) electrons. The molecule has 68 valence electrons. The van der Waals surface area contributed by atoms with E-state index in [-0.39, 0.29) is 4.91 Å². The van der Waals surface area contributed by atoms with E-state index in [4.69, 9.17) is 0 Å². The van der Waals surface area contributed by atoms with Gasteiger partial charge in [-0.05, 0) is 0 Å². The molecule has 0 saturated carbocycles. The standard InChI is InChI=1S/C6H6F3NOS/c7-6(8,9)5(11)4-3-10-1-2-12-4/h3,10H,1-2H2. The first-order chi connectivity index (χ1) is 5.52. The molecule has 0 amide bonds. The van der Waals surface area contributed by atoms with Crippen molar-refractivity contribution in [1.82, 2.24) is 5.32 Å². The average Bonchev–Trinajstić information content (AvgIpc) is 2.03. The number of alkyl halides is 3. The van der Waals surface area contributed by atoms with Crippen molar-refractivity contribution in [2.24, 2.45) is 0 Å². The number of ketones is 1. The number of rotatable bonds is 1. The lowest BCUT2D eigenvalue weighted by Gasteiger charge is -2.13. The van der Waals surface area contributed by atoms with E-state index in [9.17, 15) is 18.0 Å². The lowest BCUT2D eigenvalue weighted by Crippen LogP contribution is -2.27. The van der Waals surface area contributed by atoms with E-state index >= 15 is 0 Å². The van der Waals surface area contributed by atoms with E-state index in [0.29, 0.717) is 12.3 Å². The Hall–Kier alpha value is -0.650. The third kappa shape index (κ3) is 2.17. The maximum absolute atomic E-state index is 11.8. The zero-order valence-corrected chi connectivity index (χ0v) is 6.76. The van der Waals surface area contributed by atoms with Crippen LogP contribution in [0.3, 0.4) is 0 Å². The van der Waals surface area contributed by atoms with Gasteiger partial charge in [-0.3, -0.25) is 4.79 Å². The van der Waals surface area contributed by atoms with Gasteiger partial charge >= 0.3 is 6.18 Å². The summed E-state index contributed by atoms with van der Waals surface area (Å²) < 4.78 is 35.4. The molecule has 0 aromatic rings. The molecule has 0 atom stereocenters. The first kappa shape index (κ1) is 9.44. The molecule has 1 aliphatic rings. The van der Waals surface area contributed by atoms with Gasteiger partial charge in [0.25, 0.3) is 5.78 Å². The fourth-order valence-electron chi connectivity index (χ4n) is 0.697. The van der Waals surface area contributed by atoms with Crippen molar-refractivity contribution in [3.63, 3.8) is 0 Å². The number of allylic oxidation sites excluding steroid dienone is 1. The van der Waals surface area contributed by atoms with Gasteiger partial charge in [0.05, 0.1) is 4.91 Å². The number of carbonyl (C=O) groups excluding carboxylic acids is 1. The zero-order valence-electron chi connectivity index (χ0n) is 5.94. The van der Waals surface area contributed by atoms with Gasteiger partial charge in [-0.1, -0.05) is 0 Å². The Labute approximate surface area is 71.2 Å². The Kier molecular flexibility index (Phi) is 2.66. The van der Waals surface area contributed by atoms with Gasteiger partial charge in [-0.25, -0.2) is 0 Å². The highest BCUT2D eigenvalue weighted by Gasteiger charge is 2.41. The van der Waals surface area contributed by atoms with Crippen LogP contribution >= 0.6 is 11.8 Å². The molecule has 1 aliphatic heterocycles. The van der Waals surface area contributed by atoms with Gasteiger partial charge in [0, 0.05) is 18.5 Å². The van der Waals surface area contributed by atoms with E-state index < -0.39 is 12.0 Å². The molecule has 1 rings (SSSR count). The minimum atomic E-state index is -4.75. The van der Waals surface area contributed by atoms with Crippen LogP contribution in [0.25, 0.3) is 0 Å². The summed E-state index contributed by atoms with van der Waals surface area (Å²) in [6.07, 6.45) is -3.64. The van der Waals surface area contributed by atoms with Gasteiger partial charge in [-0.15, -0.1) is 11.8 Å². The van der Waals surface area contributed by atoms with Crippen LogP contribution in [-0.4, -0.2) is 24.3 Å². The van der Waals surface area contributed by atoms with Gasteiger partial charge in [0.1, 0.15) is 0 Å². The summed E-state index contributed by atoms with van der Waals surface area (Å²) in [6.45, 7) is 0.597. The molecule has 6 heteroatoms. The number of halogens is 3. The molecule has 1 N–H and O–H groups in total. The molecule has 12 heavy (non-hydrogen) atoms. The average molecular weight is 197 g/mol. The largest absolute Gasteiger partial charge is 0.455 e. The smallest absolute Gasteiger partial charge is 0.389 e. The van der Waals surface area contributed by atoms with Crippen molar-refractivity contribution in [1.29, 1.82) is 0 Å². The minimum absolute atomic E-state index is 0.256. The van der Waals surface area contributed by atoms with E-state index in [1.54, 1.807) is 0 Å². The highest BCUT2D eigenvalue weighted by atomic mass is 32.2. The zero-order chi connectivity index (χ0) is 9.19.